The third-order valence-corrected chi connectivity index (χ3v) is 4.80. The predicted molar refractivity (Wildman–Crippen MR) is 104 cm³/mol. The highest BCUT2D eigenvalue weighted by Gasteiger charge is 2.14. The van der Waals surface area contributed by atoms with Gasteiger partial charge >= 0.3 is 0 Å². The number of benzene rings is 1. The number of hydrogen-bond acceptors (Lipinski definition) is 7. The van der Waals surface area contributed by atoms with Crippen LogP contribution in [-0.4, -0.2) is 24.9 Å². The molecule has 0 saturated heterocycles. The molecule has 0 N–H and O–H groups in total. The fraction of sp³-hybridized carbons (Fsp3) is 0.333. The number of nitrogens with zero attached hydrogens (tertiary/aromatic N) is 5. The lowest BCUT2D eigenvalue weighted by Gasteiger charge is -2.08. The lowest BCUT2D eigenvalue weighted by atomic mass is 10.3. The molecule has 0 radical (unpaired) electrons. The minimum absolute atomic E-state index is 0.296. The minimum atomic E-state index is 0.296. The Balaban J connectivity index is 1.64. The number of hydrogen-bond donors (Lipinski definition) is 0. The van der Waals surface area contributed by atoms with Crippen molar-refractivity contribution in [3.63, 3.8) is 0 Å². The molecule has 142 valence electrons. The van der Waals surface area contributed by atoms with Gasteiger partial charge < -0.3 is 9.26 Å². The summed E-state index contributed by atoms with van der Waals surface area (Å²) in [6, 6.07) is 7.19. The number of allylic oxidation sites excluding steroid dienone is 1. The van der Waals surface area contributed by atoms with E-state index in [2.05, 4.69) is 33.8 Å². The fourth-order valence-electron chi connectivity index (χ4n) is 2.32. The first kappa shape index (κ1) is 19.4. The lowest BCUT2D eigenvalue weighted by molar-refractivity contribution is 0.289. The highest BCUT2D eigenvalue weighted by atomic mass is 35.5. The number of aryl methyl sites for hydroxylation is 1. The molecular formula is C18H20ClN5O2S. The third-order valence-electron chi connectivity index (χ3n) is 3.60. The highest BCUT2D eigenvalue weighted by molar-refractivity contribution is 7.98. The zero-order valence-corrected chi connectivity index (χ0v) is 16.5. The average molecular weight is 406 g/mol. The molecule has 0 unspecified atom stereocenters. The molecule has 27 heavy (non-hydrogen) atoms. The first-order valence-electron chi connectivity index (χ1n) is 8.55. The summed E-state index contributed by atoms with van der Waals surface area (Å²) in [6.45, 7) is 6.76. The predicted octanol–water partition coefficient (Wildman–Crippen LogP) is 4.32. The van der Waals surface area contributed by atoms with Crippen molar-refractivity contribution in [1.29, 1.82) is 0 Å². The van der Waals surface area contributed by atoms with Crippen molar-refractivity contribution < 1.29 is 9.26 Å². The van der Waals surface area contributed by atoms with Crippen LogP contribution in [0, 0.1) is 0 Å². The topological polar surface area (TPSA) is 78.9 Å². The van der Waals surface area contributed by atoms with Crippen LogP contribution in [0.3, 0.4) is 0 Å². The number of aromatic nitrogens is 5. The molecular weight excluding hydrogens is 386 g/mol. The maximum atomic E-state index is 5.89. The number of thioether (sulfide) groups is 1. The largest absolute Gasteiger partial charge is 0.486 e. The second kappa shape index (κ2) is 9.57. The molecule has 0 aliphatic rings. The van der Waals surface area contributed by atoms with Crippen molar-refractivity contribution in [1.82, 2.24) is 24.9 Å². The van der Waals surface area contributed by atoms with Crippen LogP contribution in [0.2, 0.25) is 5.02 Å². The van der Waals surface area contributed by atoms with Crippen molar-refractivity contribution in [2.75, 3.05) is 0 Å². The summed E-state index contributed by atoms with van der Waals surface area (Å²) >= 11 is 7.38. The van der Waals surface area contributed by atoms with E-state index in [-0.39, 0.29) is 0 Å². The van der Waals surface area contributed by atoms with Gasteiger partial charge in [-0.05, 0) is 30.7 Å². The maximum absolute atomic E-state index is 5.89. The standard InChI is InChI=1S/C18H20ClN5O2S/c1-3-5-15-20-17(26-23-15)12-27-18-22-21-16(24(18)10-4-2)11-25-14-8-6-13(19)7-9-14/h4,6-9H,2-3,5,10-12H2,1H3. The molecule has 0 bridgehead atoms. The SMILES string of the molecule is C=CCn1c(COc2ccc(Cl)cc2)nnc1SCc1nc(CCC)no1. The van der Waals surface area contributed by atoms with Crippen molar-refractivity contribution in [3.05, 3.63) is 59.5 Å². The van der Waals surface area contributed by atoms with Gasteiger partial charge in [0.25, 0.3) is 0 Å². The second-order valence-electron chi connectivity index (χ2n) is 5.68. The molecule has 0 spiro atoms. The van der Waals surface area contributed by atoms with Gasteiger partial charge in [0.15, 0.2) is 16.8 Å². The van der Waals surface area contributed by atoms with Gasteiger partial charge in [-0.3, -0.25) is 4.57 Å². The molecule has 0 fully saturated rings. The van der Waals surface area contributed by atoms with Crippen LogP contribution in [0.5, 0.6) is 5.75 Å². The Labute approximate surface area is 166 Å². The monoisotopic (exact) mass is 405 g/mol. The van der Waals surface area contributed by atoms with Crippen molar-refractivity contribution in [2.24, 2.45) is 0 Å². The number of rotatable bonds is 10. The van der Waals surface area contributed by atoms with Crippen LogP contribution >= 0.6 is 23.4 Å². The van der Waals surface area contributed by atoms with E-state index in [1.165, 1.54) is 11.8 Å². The molecule has 0 aliphatic heterocycles. The zero-order valence-electron chi connectivity index (χ0n) is 15.0. The molecule has 3 rings (SSSR count). The fourth-order valence-corrected chi connectivity index (χ4v) is 3.25. The molecule has 0 aliphatic carbocycles. The van der Waals surface area contributed by atoms with Gasteiger partial charge in [0.2, 0.25) is 5.89 Å². The summed E-state index contributed by atoms with van der Waals surface area (Å²) in [5.41, 5.74) is 0. The van der Waals surface area contributed by atoms with Gasteiger partial charge in [-0.25, -0.2) is 0 Å². The Kier molecular flexibility index (Phi) is 6.89. The number of halogens is 1. The van der Waals surface area contributed by atoms with Gasteiger partial charge in [-0.1, -0.05) is 41.5 Å². The average Bonchev–Trinajstić information content (AvgIpc) is 3.27. The summed E-state index contributed by atoms with van der Waals surface area (Å²) < 4.78 is 13.0. The van der Waals surface area contributed by atoms with E-state index in [4.69, 9.17) is 20.9 Å². The summed E-state index contributed by atoms with van der Waals surface area (Å²) in [5.74, 6) is 3.28. The van der Waals surface area contributed by atoms with Gasteiger partial charge in [-0.2, -0.15) is 4.98 Å². The maximum Gasteiger partial charge on any atom is 0.237 e. The van der Waals surface area contributed by atoms with E-state index in [9.17, 15) is 0 Å². The lowest BCUT2D eigenvalue weighted by Crippen LogP contribution is -2.07. The molecule has 0 atom stereocenters. The van der Waals surface area contributed by atoms with Crippen LogP contribution in [0.1, 0.15) is 30.9 Å². The minimum Gasteiger partial charge on any atom is -0.486 e. The van der Waals surface area contributed by atoms with Gasteiger partial charge in [0, 0.05) is 18.0 Å². The van der Waals surface area contributed by atoms with Crippen LogP contribution in [0.4, 0.5) is 0 Å². The zero-order chi connectivity index (χ0) is 19.1. The first-order valence-corrected chi connectivity index (χ1v) is 9.91. The van der Waals surface area contributed by atoms with E-state index in [1.807, 2.05) is 16.7 Å². The first-order chi connectivity index (χ1) is 13.2. The molecule has 2 aromatic heterocycles. The van der Waals surface area contributed by atoms with E-state index in [0.717, 1.165) is 29.6 Å². The van der Waals surface area contributed by atoms with Crippen LogP contribution in [0.15, 0.2) is 46.6 Å². The Morgan fingerprint density at radius 1 is 1.30 bits per heavy atom. The van der Waals surface area contributed by atoms with Crippen molar-refractivity contribution in [3.8, 4) is 5.75 Å². The summed E-state index contributed by atoms with van der Waals surface area (Å²) in [6.07, 6.45) is 3.59. The van der Waals surface area contributed by atoms with Crippen LogP contribution < -0.4 is 4.74 Å². The van der Waals surface area contributed by atoms with E-state index < -0.39 is 0 Å². The molecule has 3 aromatic rings. The Morgan fingerprint density at radius 3 is 2.85 bits per heavy atom. The highest BCUT2D eigenvalue weighted by Crippen LogP contribution is 2.23. The molecule has 1 aromatic carbocycles. The second-order valence-corrected chi connectivity index (χ2v) is 7.06. The van der Waals surface area contributed by atoms with Gasteiger partial charge in [-0.15, -0.1) is 16.8 Å². The quantitative estimate of drug-likeness (QED) is 0.367. The summed E-state index contributed by atoms with van der Waals surface area (Å²) in [5, 5.41) is 13.9. The Bertz CT molecular complexity index is 878. The Hall–Kier alpha value is -2.32. The van der Waals surface area contributed by atoms with Gasteiger partial charge in [0.05, 0.1) is 5.75 Å². The van der Waals surface area contributed by atoms with E-state index in [0.29, 0.717) is 35.6 Å². The molecule has 2 heterocycles. The van der Waals surface area contributed by atoms with E-state index in [1.54, 1.807) is 18.2 Å². The molecule has 0 amide bonds. The normalized spacial score (nSPS) is 10.9. The summed E-state index contributed by atoms with van der Waals surface area (Å²) in [4.78, 5) is 4.37. The molecule has 7 nitrogen and oxygen atoms in total. The molecule has 0 saturated carbocycles. The van der Waals surface area contributed by atoms with Crippen LogP contribution in [0.25, 0.3) is 0 Å². The van der Waals surface area contributed by atoms with Crippen molar-refractivity contribution in [2.45, 2.75) is 43.8 Å². The smallest absolute Gasteiger partial charge is 0.237 e. The molecule has 9 heteroatoms. The van der Waals surface area contributed by atoms with Crippen molar-refractivity contribution >= 4 is 23.4 Å². The van der Waals surface area contributed by atoms with Gasteiger partial charge in [0.1, 0.15) is 12.4 Å². The third kappa shape index (κ3) is 5.33. The van der Waals surface area contributed by atoms with E-state index >= 15 is 0 Å². The number of ether oxygens (including phenoxy) is 1. The van der Waals surface area contributed by atoms with Crippen LogP contribution in [-0.2, 0) is 25.3 Å². The summed E-state index contributed by atoms with van der Waals surface area (Å²) in [7, 11) is 0. The Morgan fingerprint density at radius 2 is 2.11 bits per heavy atom.